The summed E-state index contributed by atoms with van der Waals surface area (Å²) in [5.41, 5.74) is 1.19. The molecule has 4 nitrogen and oxygen atoms in total. The highest BCUT2D eigenvalue weighted by atomic mass is 16.5. The van der Waals surface area contributed by atoms with Crippen LogP contribution in [0.3, 0.4) is 0 Å². The van der Waals surface area contributed by atoms with Crippen LogP contribution in [0, 0.1) is 11.8 Å². The highest BCUT2D eigenvalue weighted by Gasteiger charge is 2.42. The molecule has 1 N–H and O–H groups in total. The molecular formula is C18H26O4. The summed E-state index contributed by atoms with van der Waals surface area (Å²) in [6, 6.07) is 6.07. The fraction of sp³-hybridized carbons (Fsp3) is 0.611. The van der Waals surface area contributed by atoms with Gasteiger partial charge in [0.1, 0.15) is 0 Å². The van der Waals surface area contributed by atoms with Crippen LogP contribution in [0.25, 0.3) is 0 Å². The molecule has 1 aromatic carbocycles. The SMILES string of the molecule is CCCOc1ccc(CCC2CC2C(=O)O)cc1OCCC. The highest BCUT2D eigenvalue weighted by Crippen LogP contribution is 2.42. The maximum atomic E-state index is 10.9. The second-order valence-electron chi connectivity index (χ2n) is 5.96. The van der Waals surface area contributed by atoms with Gasteiger partial charge in [-0.05, 0) is 55.7 Å². The molecule has 2 unspecified atom stereocenters. The van der Waals surface area contributed by atoms with E-state index in [1.165, 1.54) is 5.56 Å². The van der Waals surface area contributed by atoms with Gasteiger partial charge in [-0.25, -0.2) is 0 Å². The van der Waals surface area contributed by atoms with Crippen LogP contribution in [-0.2, 0) is 11.2 Å². The van der Waals surface area contributed by atoms with E-state index in [0.717, 1.165) is 43.6 Å². The molecule has 0 aromatic heterocycles. The lowest BCUT2D eigenvalue weighted by Crippen LogP contribution is -2.03. The Hall–Kier alpha value is -1.71. The van der Waals surface area contributed by atoms with Crippen LogP contribution in [0.4, 0.5) is 0 Å². The van der Waals surface area contributed by atoms with Crippen molar-refractivity contribution in [1.82, 2.24) is 0 Å². The molecule has 2 rings (SSSR count). The molecule has 0 spiro atoms. The van der Waals surface area contributed by atoms with Crippen LogP contribution in [-0.4, -0.2) is 24.3 Å². The molecule has 1 aliphatic carbocycles. The first-order valence-electron chi connectivity index (χ1n) is 8.27. The van der Waals surface area contributed by atoms with Crippen molar-refractivity contribution in [3.63, 3.8) is 0 Å². The van der Waals surface area contributed by atoms with Crippen LogP contribution < -0.4 is 9.47 Å². The van der Waals surface area contributed by atoms with Crippen LogP contribution >= 0.6 is 0 Å². The molecule has 0 saturated heterocycles. The lowest BCUT2D eigenvalue weighted by atomic mass is 10.1. The van der Waals surface area contributed by atoms with Crippen LogP contribution in [0.5, 0.6) is 11.5 Å². The second kappa shape index (κ2) is 8.06. The lowest BCUT2D eigenvalue weighted by Gasteiger charge is -2.13. The summed E-state index contributed by atoms with van der Waals surface area (Å²) in [4.78, 5) is 10.9. The van der Waals surface area contributed by atoms with Gasteiger partial charge in [-0.3, -0.25) is 4.79 Å². The molecule has 1 aliphatic rings. The summed E-state index contributed by atoms with van der Waals surface area (Å²) in [6.45, 7) is 5.52. The van der Waals surface area contributed by atoms with Gasteiger partial charge >= 0.3 is 5.97 Å². The van der Waals surface area contributed by atoms with Crippen molar-refractivity contribution in [2.75, 3.05) is 13.2 Å². The summed E-state index contributed by atoms with van der Waals surface area (Å²) in [5, 5.41) is 8.94. The molecule has 0 amide bonds. The number of aliphatic carboxylic acids is 1. The molecule has 122 valence electrons. The smallest absolute Gasteiger partial charge is 0.306 e. The standard InChI is InChI=1S/C18H26O4/c1-3-9-21-16-8-6-13(11-17(16)22-10-4-2)5-7-14-12-15(14)18(19)20/h6,8,11,14-15H,3-5,7,9-10,12H2,1-2H3,(H,19,20). The molecule has 1 fully saturated rings. The number of hydrogen-bond donors (Lipinski definition) is 1. The summed E-state index contributed by atoms with van der Waals surface area (Å²) in [7, 11) is 0. The Bertz CT molecular complexity index is 498. The Morgan fingerprint density at radius 3 is 2.45 bits per heavy atom. The molecule has 1 aromatic rings. The normalized spacial score (nSPS) is 19.7. The molecule has 0 bridgehead atoms. The maximum absolute atomic E-state index is 10.9. The van der Waals surface area contributed by atoms with E-state index in [1.54, 1.807) is 0 Å². The van der Waals surface area contributed by atoms with Crippen molar-refractivity contribution in [3.05, 3.63) is 23.8 Å². The molecule has 4 heteroatoms. The molecule has 0 heterocycles. The fourth-order valence-corrected chi connectivity index (χ4v) is 2.59. The molecule has 1 saturated carbocycles. The molecule has 0 aliphatic heterocycles. The largest absolute Gasteiger partial charge is 0.490 e. The predicted octanol–water partition coefficient (Wildman–Crippen LogP) is 3.92. The summed E-state index contributed by atoms with van der Waals surface area (Å²) in [6.07, 6.45) is 4.57. The zero-order valence-corrected chi connectivity index (χ0v) is 13.5. The van der Waals surface area contributed by atoms with Crippen molar-refractivity contribution >= 4 is 5.97 Å². The monoisotopic (exact) mass is 306 g/mol. The van der Waals surface area contributed by atoms with E-state index in [9.17, 15) is 4.79 Å². The van der Waals surface area contributed by atoms with Crippen molar-refractivity contribution < 1.29 is 19.4 Å². The first kappa shape index (κ1) is 16.7. The minimum Gasteiger partial charge on any atom is -0.490 e. The van der Waals surface area contributed by atoms with E-state index in [-0.39, 0.29) is 5.92 Å². The molecular weight excluding hydrogens is 280 g/mol. The number of rotatable bonds is 10. The van der Waals surface area contributed by atoms with E-state index in [4.69, 9.17) is 14.6 Å². The third-order valence-electron chi connectivity index (χ3n) is 3.98. The minimum absolute atomic E-state index is 0.122. The molecule has 0 radical (unpaired) electrons. The van der Waals surface area contributed by atoms with Gasteiger partial charge in [0.05, 0.1) is 19.1 Å². The van der Waals surface area contributed by atoms with E-state index in [1.807, 2.05) is 12.1 Å². The van der Waals surface area contributed by atoms with Crippen LogP contribution in [0.2, 0.25) is 0 Å². The van der Waals surface area contributed by atoms with Gasteiger partial charge in [-0.15, -0.1) is 0 Å². The van der Waals surface area contributed by atoms with Gasteiger partial charge in [-0.1, -0.05) is 19.9 Å². The number of carbonyl (C=O) groups is 1. The third kappa shape index (κ3) is 4.65. The van der Waals surface area contributed by atoms with E-state index in [0.29, 0.717) is 19.1 Å². The number of ether oxygens (including phenoxy) is 2. The Morgan fingerprint density at radius 2 is 1.86 bits per heavy atom. The van der Waals surface area contributed by atoms with Gasteiger partial charge in [0.25, 0.3) is 0 Å². The Kier molecular flexibility index (Phi) is 6.10. The minimum atomic E-state index is -0.653. The van der Waals surface area contributed by atoms with Crippen molar-refractivity contribution in [1.29, 1.82) is 0 Å². The lowest BCUT2D eigenvalue weighted by molar-refractivity contribution is -0.138. The number of hydrogen-bond acceptors (Lipinski definition) is 3. The van der Waals surface area contributed by atoms with Gasteiger partial charge in [-0.2, -0.15) is 0 Å². The van der Waals surface area contributed by atoms with Gasteiger partial charge in [0, 0.05) is 0 Å². The number of carboxylic acid groups (broad SMARTS) is 1. The summed E-state index contributed by atoms with van der Waals surface area (Å²) < 4.78 is 11.5. The molecule has 22 heavy (non-hydrogen) atoms. The van der Waals surface area contributed by atoms with Crippen LogP contribution in [0.1, 0.15) is 45.1 Å². The van der Waals surface area contributed by atoms with E-state index < -0.39 is 5.97 Å². The van der Waals surface area contributed by atoms with Gasteiger partial charge < -0.3 is 14.6 Å². The van der Waals surface area contributed by atoms with Crippen molar-refractivity contribution in [2.24, 2.45) is 11.8 Å². The first-order chi connectivity index (χ1) is 10.7. The van der Waals surface area contributed by atoms with E-state index >= 15 is 0 Å². The number of carboxylic acids is 1. The average molecular weight is 306 g/mol. The molecule has 2 atom stereocenters. The van der Waals surface area contributed by atoms with Gasteiger partial charge in [0.2, 0.25) is 0 Å². The quantitative estimate of drug-likeness (QED) is 0.712. The summed E-state index contributed by atoms with van der Waals surface area (Å²) >= 11 is 0. The number of benzene rings is 1. The van der Waals surface area contributed by atoms with Crippen LogP contribution in [0.15, 0.2) is 18.2 Å². The van der Waals surface area contributed by atoms with E-state index in [2.05, 4.69) is 19.9 Å². The Labute approximate surface area is 132 Å². The predicted molar refractivity (Wildman–Crippen MR) is 85.6 cm³/mol. The highest BCUT2D eigenvalue weighted by molar-refractivity contribution is 5.73. The Morgan fingerprint density at radius 1 is 1.18 bits per heavy atom. The zero-order valence-electron chi connectivity index (χ0n) is 13.5. The Balaban J connectivity index is 1.94. The topological polar surface area (TPSA) is 55.8 Å². The van der Waals surface area contributed by atoms with Gasteiger partial charge in [0.15, 0.2) is 11.5 Å². The van der Waals surface area contributed by atoms with Crippen molar-refractivity contribution in [2.45, 2.75) is 46.0 Å². The third-order valence-corrected chi connectivity index (χ3v) is 3.98. The fourth-order valence-electron chi connectivity index (χ4n) is 2.59. The second-order valence-corrected chi connectivity index (χ2v) is 5.96. The number of aryl methyl sites for hydroxylation is 1. The zero-order chi connectivity index (χ0) is 15.9. The average Bonchev–Trinajstić information content (AvgIpc) is 3.29. The van der Waals surface area contributed by atoms with Crippen molar-refractivity contribution in [3.8, 4) is 11.5 Å². The summed E-state index contributed by atoms with van der Waals surface area (Å²) in [5.74, 6) is 1.17. The maximum Gasteiger partial charge on any atom is 0.306 e. The first-order valence-corrected chi connectivity index (χ1v) is 8.27.